The lowest BCUT2D eigenvalue weighted by atomic mass is 9.93. The molecule has 1 saturated heterocycles. The van der Waals surface area contributed by atoms with Crippen LogP contribution >= 0.6 is 0 Å². The average molecular weight is 276 g/mol. The lowest BCUT2D eigenvalue weighted by Crippen LogP contribution is -2.47. The topological polar surface area (TPSA) is 78.4 Å². The summed E-state index contributed by atoms with van der Waals surface area (Å²) in [7, 11) is -3.25. The number of aliphatic hydroxyl groups is 1. The minimum atomic E-state index is -3.25. The molecule has 0 amide bonds. The zero-order valence-electron chi connectivity index (χ0n) is 10.8. The molecule has 2 fully saturated rings. The van der Waals surface area contributed by atoms with Crippen molar-refractivity contribution in [3.05, 3.63) is 0 Å². The van der Waals surface area contributed by atoms with Crippen LogP contribution in [-0.4, -0.2) is 44.5 Å². The van der Waals surface area contributed by atoms with Gasteiger partial charge in [-0.15, -0.1) is 0 Å². The van der Waals surface area contributed by atoms with Gasteiger partial charge in [0.05, 0.1) is 11.9 Å². The van der Waals surface area contributed by atoms with Crippen LogP contribution in [0.25, 0.3) is 0 Å². The number of aliphatic hydroxyl groups excluding tert-OH is 1. The van der Waals surface area contributed by atoms with Gasteiger partial charge in [0, 0.05) is 6.04 Å². The first-order valence-electron chi connectivity index (χ1n) is 6.95. The van der Waals surface area contributed by atoms with E-state index in [1.807, 2.05) is 0 Å². The third-order valence-corrected chi connectivity index (χ3v) is 5.55. The fraction of sp³-hybridized carbons (Fsp3) is 1.00. The third-order valence-electron chi connectivity index (χ3n) is 3.97. The average Bonchev–Trinajstić information content (AvgIpc) is 2.32. The van der Waals surface area contributed by atoms with Crippen molar-refractivity contribution in [2.45, 2.75) is 50.7 Å². The maximum Gasteiger partial charge on any atom is 0.212 e. The molecule has 1 aliphatic heterocycles. The van der Waals surface area contributed by atoms with Gasteiger partial charge in [0.15, 0.2) is 0 Å². The van der Waals surface area contributed by atoms with Crippen molar-refractivity contribution in [1.29, 1.82) is 0 Å². The molecule has 106 valence electrons. The van der Waals surface area contributed by atoms with E-state index in [4.69, 9.17) is 0 Å². The molecule has 0 aromatic carbocycles. The fourth-order valence-corrected chi connectivity index (χ4v) is 4.67. The normalized spacial score (nSPS) is 31.4. The van der Waals surface area contributed by atoms with Gasteiger partial charge in [-0.05, 0) is 44.7 Å². The number of hydrogen-bond acceptors (Lipinski definition) is 4. The van der Waals surface area contributed by atoms with Gasteiger partial charge < -0.3 is 10.4 Å². The number of nitrogens with one attached hydrogen (secondary N) is 2. The first kappa shape index (κ1) is 14.2. The van der Waals surface area contributed by atoms with E-state index in [1.54, 1.807) is 0 Å². The molecular formula is C12H24N2O3S. The van der Waals surface area contributed by atoms with E-state index >= 15 is 0 Å². The van der Waals surface area contributed by atoms with Crippen LogP contribution in [0.3, 0.4) is 0 Å². The predicted octanol–water partition coefficient (Wildman–Crippen LogP) is 0.209. The van der Waals surface area contributed by atoms with Crippen LogP contribution in [0.5, 0.6) is 0 Å². The Morgan fingerprint density at radius 3 is 2.44 bits per heavy atom. The predicted molar refractivity (Wildman–Crippen MR) is 70.8 cm³/mol. The number of sulfonamides is 1. The lowest BCUT2D eigenvalue weighted by Gasteiger charge is -2.29. The van der Waals surface area contributed by atoms with Crippen LogP contribution in [0.4, 0.5) is 0 Å². The molecule has 0 aromatic heterocycles. The van der Waals surface area contributed by atoms with Gasteiger partial charge >= 0.3 is 0 Å². The molecular weight excluding hydrogens is 252 g/mol. The summed E-state index contributed by atoms with van der Waals surface area (Å²) >= 11 is 0. The molecule has 3 N–H and O–H groups in total. The summed E-state index contributed by atoms with van der Waals surface area (Å²) in [5.41, 5.74) is 0. The highest BCUT2D eigenvalue weighted by atomic mass is 32.2. The molecule has 0 radical (unpaired) electrons. The van der Waals surface area contributed by atoms with Crippen molar-refractivity contribution in [3.63, 3.8) is 0 Å². The Balaban J connectivity index is 1.85. The van der Waals surface area contributed by atoms with Crippen LogP contribution in [-0.2, 0) is 10.0 Å². The second-order valence-corrected chi connectivity index (χ2v) is 7.35. The Labute approximate surface area is 109 Å². The molecule has 2 unspecified atom stereocenters. The van der Waals surface area contributed by atoms with Gasteiger partial charge in [-0.2, -0.15) is 0 Å². The molecule has 6 heteroatoms. The van der Waals surface area contributed by atoms with E-state index in [-0.39, 0.29) is 17.7 Å². The number of rotatable bonds is 4. The largest absolute Gasteiger partial charge is 0.391 e. The highest BCUT2D eigenvalue weighted by molar-refractivity contribution is 7.89. The molecule has 1 aliphatic carbocycles. The van der Waals surface area contributed by atoms with Crippen molar-refractivity contribution in [1.82, 2.24) is 10.0 Å². The molecule has 2 atom stereocenters. The number of hydrogen-bond donors (Lipinski definition) is 3. The van der Waals surface area contributed by atoms with Crippen LogP contribution in [0.2, 0.25) is 0 Å². The summed E-state index contributed by atoms with van der Waals surface area (Å²) in [6.45, 7) is 1.82. The molecule has 18 heavy (non-hydrogen) atoms. The minimum Gasteiger partial charge on any atom is -0.391 e. The van der Waals surface area contributed by atoms with E-state index in [9.17, 15) is 13.5 Å². The maximum absolute atomic E-state index is 12.1. The van der Waals surface area contributed by atoms with Crippen LogP contribution in [0, 0.1) is 5.92 Å². The van der Waals surface area contributed by atoms with E-state index in [0.29, 0.717) is 6.42 Å². The SMILES string of the molecule is O=S(=O)(CC1CCNCC1)NC1CCCCC1O. The zero-order valence-corrected chi connectivity index (χ0v) is 11.6. The first-order chi connectivity index (χ1) is 8.57. The lowest BCUT2D eigenvalue weighted by molar-refractivity contribution is 0.101. The summed E-state index contributed by atoms with van der Waals surface area (Å²) in [6.07, 6.45) is 4.79. The van der Waals surface area contributed by atoms with E-state index < -0.39 is 16.1 Å². The molecule has 5 nitrogen and oxygen atoms in total. The standard InChI is InChI=1S/C12H24N2O3S/c15-12-4-2-1-3-11(12)14-18(16,17)9-10-5-7-13-8-6-10/h10-15H,1-9H2. The third kappa shape index (κ3) is 4.19. The quantitative estimate of drug-likeness (QED) is 0.686. The second-order valence-electron chi connectivity index (χ2n) is 5.55. The summed E-state index contributed by atoms with van der Waals surface area (Å²) in [5.74, 6) is 0.460. The number of piperidine rings is 1. The zero-order chi connectivity index (χ0) is 13.0. The van der Waals surface area contributed by atoms with E-state index in [1.165, 1.54) is 0 Å². The van der Waals surface area contributed by atoms with Crippen molar-refractivity contribution >= 4 is 10.0 Å². The molecule has 0 aromatic rings. The highest BCUT2D eigenvalue weighted by Crippen LogP contribution is 2.20. The Bertz CT molecular complexity index is 352. The van der Waals surface area contributed by atoms with Gasteiger partial charge in [-0.25, -0.2) is 13.1 Å². The van der Waals surface area contributed by atoms with Crippen molar-refractivity contribution in [3.8, 4) is 0 Å². The van der Waals surface area contributed by atoms with Crippen molar-refractivity contribution in [2.24, 2.45) is 5.92 Å². The molecule has 1 saturated carbocycles. The molecule has 2 rings (SSSR count). The Kier molecular flexibility index (Phi) is 5.00. The molecule has 1 heterocycles. The molecule has 0 bridgehead atoms. The van der Waals surface area contributed by atoms with E-state index in [0.717, 1.165) is 45.2 Å². The second kappa shape index (κ2) is 6.32. The van der Waals surface area contributed by atoms with Crippen LogP contribution in [0.1, 0.15) is 38.5 Å². The Morgan fingerprint density at radius 1 is 1.11 bits per heavy atom. The maximum atomic E-state index is 12.1. The fourth-order valence-electron chi connectivity index (χ4n) is 2.89. The van der Waals surface area contributed by atoms with Gasteiger partial charge in [-0.1, -0.05) is 12.8 Å². The van der Waals surface area contributed by atoms with E-state index in [2.05, 4.69) is 10.0 Å². The Morgan fingerprint density at radius 2 is 1.78 bits per heavy atom. The Hall–Kier alpha value is -0.170. The van der Waals surface area contributed by atoms with Crippen LogP contribution < -0.4 is 10.0 Å². The van der Waals surface area contributed by atoms with Gasteiger partial charge in [0.25, 0.3) is 0 Å². The summed E-state index contributed by atoms with van der Waals surface area (Å²) in [6, 6.07) is -0.273. The minimum absolute atomic E-state index is 0.206. The smallest absolute Gasteiger partial charge is 0.212 e. The highest BCUT2D eigenvalue weighted by Gasteiger charge is 2.29. The van der Waals surface area contributed by atoms with Crippen LogP contribution in [0.15, 0.2) is 0 Å². The van der Waals surface area contributed by atoms with Gasteiger partial charge in [-0.3, -0.25) is 0 Å². The molecule has 2 aliphatic rings. The monoisotopic (exact) mass is 276 g/mol. The van der Waals surface area contributed by atoms with Gasteiger partial charge in [0.1, 0.15) is 0 Å². The molecule has 0 spiro atoms. The van der Waals surface area contributed by atoms with Crippen molar-refractivity contribution < 1.29 is 13.5 Å². The summed E-state index contributed by atoms with van der Waals surface area (Å²) in [4.78, 5) is 0. The summed E-state index contributed by atoms with van der Waals surface area (Å²) in [5, 5.41) is 13.0. The first-order valence-corrected chi connectivity index (χ1v) is 8.61. The van der Waals surface area contributed by atoms with Gasteiger partial charge in [0.2, 0.25) is 10.0 Å². The van der Waals surface area contributed by atoms with Crippen molar-refractivity contribution in [2.75, 3.05) is 18.8 Å². The summed E-state index contributed by atoms with van der Waals surface area (Å²) < 4.78 is 26.8.